The van der Waals surface area contributed by atoms with Gasteiger partial charge in [0.05, 0.1) is 12.0 Å². The molecule has 2 aliphatic carbocycles. The summed E-state index contributed by atoms with van der Waals surface area (Å²) in [6, 6.07) is 6.64. The van der Waals surface area contributed by atoms with Crippen LogP contribution >= 0.6 is 0 Å². The quantitative estimate of drug-likeness (QED) is 0.576. The van der Waals surface area contributed by atoms with E-state index in [0.29, 0.717) is 12.5 Å². The summed E-state index contributed by atoms with van der Waals surface area (Å²) in [5, 5.41) is 11.6. The van der Waals surface area contributed by atoms with Crippen molar-refractivity contribution in [1.29, 1.82) is 0 Å². The average Bonchev–Trinajstić information content (AvgIpc) is 3.08. The molecule has 0 radical (unpaired) electrons. The molecule has 5 heteroatoms. The third-order valence-electron chi connectivity index (χ3n) is 9.10. The number of esters is 1. The second-order valence-corrected chi connectivity index (χ2v) is 10.9. The van der Waals surface area contributed by atoms with E-state index in [2.05, 4.69) is 61.8 Å². The molecule has 0 amide bonds. The van der Waals surface area contributed by atoms with Gasteiger partial charge in [-0.2, -0.15) is 0 Å². The zero-order valence-electron chi connectivity index (χ0n) is 20.0. The molecule has 5 rings (SSSR count). The Kier molecular flexibility index (Phi) is 5.61. The third-order valence-corrected chi connectivity index (χ3v) is 9.10. The van der Waals surface area contributed by atoms with E-state index in [0.717, 1.165) is 45.4 Å². The highest BCUT2D eigenvalue weighted by Gasteiger charge is 2.59. The zero-order valence-corrected chi connectivity index (χ0v) is 20.0. The number of aliphatic hydroxyl groups excluding tert-OH is 1. The molecule has 1 aromatic carbocycles. The number of carbonyl (C=O) groups excluding carboxylic acids is 1. The molecule has 0 spiro atoms. The van der Waals surface area contributed by atoms with Gasteiger partial charge in [0.2, 0.25) is 0 Å². The SMILES string of the molecule is Cc1ccc(C)c(N2CCN(CC3C(=O)OC4CC5=CCCC(C)C5(C)C(O)C43)CC2)c1. The molecule has 2 heterocycles. The van der Waals surface area contributed by atoms with Crippen LogP contribution in [0.5, 0.6) is 0 Å². The van der Waals surface area contributed by atoms with Crippen molar-refractivity contribution in [3.05, 3.63) is 41.0 Å². The van der Waals surface area contributed by atoms with Crippen LogP contribution in [0.3, 0.4) is 0 Å². The predicted octanol–water partition coefficient (Wildman–Crippen LogP) is 3.71. The van der Waals surface area contributed by atoms with Gasteiger partial charge in [-0.3, -0.25) is 9.69 Å². The maximum Gasteiger partial charge on any atom is 0.311 e. The van der Waals surface area contributed by atoms with Crippen LogP contribution < -0.4 is 4.90 Å². The van der Waals surface area contributed by atoms with Crippen molar-refractivity contribution >= 4 is 11.7 Å². The van der Waals surface area contributed by atoms with E-state index in [9.17, 15) is 9.90 Å². The van der Waals surface area contributed by atoms with Crippen molar-refractivity contribution < 1.29 is 14.6 Å². The number of hydrogen-bond donors (Lipinski definition) is 1. The first kappa shape index (κ1) is 22.0. The Morgan fingerprint density at radius 2 is 1.94 bits per heavy atom. The summed E-state index contributed by atoms with van der Waals surface area (Å²) in [6.45, 7) is 13.3. The maximum atomic E-state index is 12.9. The molecular formula is C27H38N2O3. The minimum atomic E-state index is -0.518. The van der Waals surface area contributed by atoms with Crippen LogP contribution in [0.4, 0.5) is 5.69 Å². The van der Waals surface area contributed by atoms with Crippen molar-refractivity contribution in [2.75, 3.05) is 37.6 Å². The van der Waals surface area contributed by atoms with Gasteiger partial charge in [-0.1, -0.05) is 37.6 Å². The molecular weight excluding hydrogens is 400 g/mol. The molecule has 1 N–H and O–H groups in total. The molecule has 0 bridgehead atoms. The van der Waals surface area contributed by atoms with Gasteiger partial charge in [0, 0.05) is 56.2 Å². The lowest BCUT2D eigenvalue weighted by Gasteiger charge is -2.52. The molecule has 1 aromatic rings. The Morgan fingerprint density at radius 1 is 1.19 bits per heavy atom. The first-order chi connectivity index (χ1) is 15.3. The minimum absolute atomic E-state index is 0.0951. The molecule has 32 heavy (non-hydrogen) atoms. The fraction of sp³-hybridized carbons (Fsp3) is 0.667. The fourth-order valence-corrected chi connectivity index (χ4v) is 6.78. The molecule has 0 aromatic heterocycles. The van der Waals surface area contributed by atoms with Crippen LogP contribution in [0.2, 0.25) is 0 Å². The van der Waals surface area contributed by atoms with Gasteiger partial charge in [0.25, 0.3) is 0 Å². The highest BCUT2D eigenvalue weighted by Crippen LogP contribution is 2.56. The molecule has 2 aliphatic heterocycles. The van der Waals surface area contributed by atoms with Gasteiger partial charge in [-0.25, -0.2) is 0 Å². The van der Waals surface area contributed by atoms with Crippen molar-refractivity contribution in [3.8, 4) is 0 Å². The van der Waals surface area contributed by atoms with Gasteiger partial charge >= 0.3 is 5.97 Å². The van der Waals surface area contributed by atoms with Crippen LogP contribution in [-0.4, -0.2) is 60.9 Å². The van der Waals surface area contributed by atoms with Gasteiger partial charge in [0.1, 0.15) is 6.10 Å². The van der Waals surface area contributed by atoms with E-state index in [4.69, 9.17) is 4.74 Å². The lowest BCUT2D eigenvalue weighted by Crippen LogP contribution is -2.55. The summed E-state index contributed by atoms with van der Waals surface area (Å²) in [4.78, 5) is 17.8. The largest absolute Gasteiger partial charge is 0.461 e. The Morgan fingerprint density at radius 3 is 2.69 bits per heavy atom. The van der Waals surface area contributed by atoms with E-state index in [-0.39, 0.29) is 29.3 Å². The van der Waals surface area contributed by atoms with Crippen molar-refractivity contribution in [2.24, 2.45) is 23.2 Å². The molecule has 5 nitrogen and oxygen atoms in total. The first-order valence-corrected chi connectivity index (χ1v) is 12.4. The monoisotopic (exact) mass is 438 g/mol. The van der Waals surface area contributed by atoms with Crippen LogP contribution in [0, 0.1) is 37.0 Å². The molecule has 6 atom stereocenters. The number of hydrogen-bond acceptors (Lipinski definition) is 5. The predicted molar refractivity (Wildman–Crippen MR) is 127 cm³/mol. The summed E-state index contributed by atoms with van der Waals surface area (Å²) < 4.78 is 5.86. The number of nitrogens with zero attached hydrogens (tertiary/aromatic N) is 2. The highest BCUT2D eigenvalue weighted by molar-refractivity contribution is 5.76. The van der Waals surface area contributed by atoms with E-state index < -0.39 is 6.10 Å². The second-order valence-electron chi connectivity index (χ2n) is 10.9. The van der Waals surface area contributed by atoms with Crippen LogP contribution in [0.1, 0.15) is 44.2 Å². The number of fused-ring (bicyclic) bond motifs is 2. The van der Waals surface area contributed by atoms with Crippen LogP contribution in [0.25, 0.3) is 0 Å². The Labute approximate surface area is 192 Å². The standard InChI is InChI=1S/C27H38N2O3/c1-17-8-9-18(2)22(14-17)29-12-10-28(11-13-29)16-21-24-23(32-26(21)31)15-20-7-5-6-19(3)27(20,4)25(24)30/h7-9,14,19,21,23-25,30H,5-6,10-13,15-16H2,1-4H3. The van der Waals surface area contributed by atoms with Crippen molar-refractivity contribution in [2.45, 2.75) is 59.2 Å². The summed E-state index contributed by atoms with van der Waals surface area (Å²) >= 11 is 0. The topological polar surface area (TPSA) is 53.0 Å². The number of rotatable bonds is 3. The number of aryl methyl sites for hydroxylation is 2. The third kappa shape index (κ3) is 3.49. The molecule has 2 saturated heterocycles. The number of allylic oxidation sites excluding steroid dienone is 1. The van der Waals surface area contributed by atoms with Crippen LogP contribution in [-0.2, 0) is 9.53 Å². The Bertz CT molecular complexity index is 919. The smallest absolute Gasteiger partial charge is 0.311 e. The van der Waals surface area contributed by atoms with Gasteiger partial charge in [0.15, 0.2) is 0 Å². The first-order valence-electron chi connectivity index (χ1n) is 12.4. The van der Waals surface area contributed by atoms with E-state index in [1.54, 1.807) is 0 Å². The molecule has 174 valence electrons. The van der Waals surface area contributed by atoms with Crippen molar-refractivity contribution in [1.82, 2.24) is 4.90 Å². The van der Waals surface area contributed by atoms with Gasteiger partial charge in [-0.05, 0) is 49.8 Å². The second kappa shape index (κ2) is 8.18. The highest BCUT2D eigenvalue weighted by atomic mass is 16.6. The minimum Gasteiger partial charge on any atom is -0.461 e. The van der Waals surface area contributed by atoms with Gasteiger partial charge in [-0.15, -0.1) is 0 Å². The maximum absolute atomic E-state index is 12.9. The summed E-state index contributed by atoms with van der Waals surface area (Å²) in [7, 11) is 0. The number of piperazine rings is 1. The molecule has 6 unspecified atom stereocenters. The number of carbonyl (C=O) groups is 1. The Balaban J connectivity index is 1.28. The Hall–Kier alpha value is -1.85. The summed E-state index contributed by atoms with van der Waals surface area (Å²) in [5.41, 5.74) is 5.01. The molecule has 1 saturated carbocycles. The fourth-order valence-electron chi connectivity index (χ4n) is 6.78. The summed E-state index contributed by atoms with van der Waals surface area (Å²) in [6.07, 6.45) is 4.59. The molecule has 3 fully saturated rings. The van der Waals surface area contributed by atoms with E-state index in [1.165, 1.54) is 22.4 Å². The lowest BCUT2D eigenvalue weighted by molar-refractivity contribution is -0.145. The van der Waals surface area contributed by atoms with Crippen LogP contribution in [0.15, 0.2) is 29.8 Å². The number of aliphatic hydroxyl groups is 1. The summed E-state index contributed by atoms with van der Waals surface area (Å²) in [5.74, 6) is -0.000529. The van der Waals surface area contributed by atoms with E-state index >= 15 is 0 Å². The average molecular weight is 439 g/mol. The van der Waals surface area contributed by atoms with Gasteiger partial charge < -0.3 is 14.7 Å². The molecule has 4 aliphatic rings. The number of anilines is 1. The lowest BCUT2D eigenvalue weighted by atomic mass is 9.55. The zero-order chi connectivity index (χ0) is 22.6. The number of benzene rings is 1. The van der Waals surface area contributed by atoms with E-state index in [1.807, 2.05) is 0 Å². The number of ether oxygens (including phenoxy) is 1. The normalized spacial score (nSPS) is 37.5. The van der Waals surface area contributed by atoms with Crippen molar-refractivity contribution in [3.63, 3.8) is 0 Å².